The number of hydrogen-bond donors (Lipinski definition) is 2. The summed E-state index contributed by atoms with van der Waals surface area (Å²) < 4.78 is 1.86. The highest BCUT2D eigenvalue weighted by Crippen LogP contribution is 2.12. The van der Waals surface area contributed by atoms with Gasteiger partial charge in [0.05, 0.1) is 6.33 Å². The van der Waals surface area contributed by atoms with Crippen LogP contribution < -0.4 is 5.32 Å². The van der Waals surface area contributed by atoms with Crippen molar-refractivity contribution in [3.8, 4) is 5.69 Å². The molecule has 0 saturated carbocycles. The summed E-state index contributed by atoms with van der Waals surface area (Å²) in [6, 6.07) is 7.44. The summed E-state index contributed by atoms with van der Waals surface area (Å²) in [4.78, 5) is 16.3. The van der Waals surface area contributed by atoms with Crippen molar-refractivity contribution in [3.63, 3.8) is 0 Å². The van der Waals surface area contributed by atoms with E-state index in [0.29, 0.717) is 18.0 Å². The van der Waals surface area contributed by atoms with E-state index in [1.54, 1.807) is 18.6 Å². The Bertz CT molecular complexity index is 575. The van der Waals surface area contributed by atoms with E-state index in [2.05, 4.69) is 17.2 Å². The Morgan fingerprint density at radius 1 is 1.41 bits per heavy atom. The van der Waals surface area contributed by atoms with E-state index in [9.17, 15) is 4.79 Å². The highest BCUT2D eigenvalue weighted by atomic mass is 16.3. The number of nitrogens with zero attached hydrogens (tertiary/aromatic N) is 2. The number of nitrogens with one attached hydrogen (secondary N) is 1. The molecule has 0 aliphatic heterocycles. The van der Waals surface area contributed by atoms with Crippen LogP contribution in [0, 0.1) is 5.92 Å². The molecule has 0 aliphatic rings. The van der Waals surface area contributed by atoms with Crippen molar-refractivity contribution in [1.82, 2.24) is 14.9 Å². The summed E-state index contributed by atoms with van der Waals surface area (Å²) in [5.74, 6) is 0.247. The first kappa shape index (κ1) is 16.2. The second kappa shape index (κ2) is 8.34. The molecule has 2 N–H and O–H groups in total. The number of aliphatic hydroxyl groups excluding tert-OH is 1. The van der Waals surface area contributed by atoms with Crippen molar-refractivity contribution in [1.29, 1.82) is 0 Å². The number of aliphatic hydroxyl groups is 1. The number of imidazole rings is 1. The molecule has 0 aliphatic carbocycles. The first-order valence-corrected chi connectivity index (χ1v) is 7.72. The molecule has 5 nitrogen and oxygen atoms in total. The number of benzene rings is 1. The van der Waals surface area contributed by atoms with Crippen LogP contribution in [0.25, 0.3) is 5.69 Å². The molecule has 5 heteroatoms. The van der Waals surface area contributed by atoms with Gasteiger partial charge in [0.15, 0.2) is 0 Å². The van der Waals surface area contributed by atoms with E-state index in [-0.39, 0.29) is 12.5 Å². The third-order valence-corrected chi connectivity index (χ3v) is 3.70. The molecule has 0 fully saturated rings. The smallest absolute Gasteiger partial charge is 0.251 e. The van der Waals surface area contributed by atoms with E-state index in [1.165, 1.54) is 0 Å². The summed E-state index contributed by atoms with van der Waals surface area (Å²) in [5, 5.41) is 12.0. The largest absolute Gasteiger partial charge is 0.396 e. The minimum atomic E-state index is -0.0824. The Balaban J connectivity index is 1.99. The fourth-order valence-corrected chi connectivity index (χ4v) is 2.50. The second-order valence-corrected chi connectivity index (χ2v) is 5.40. The zero-order valence-corrected chi connectivity index (χ0v) is 12.9. The van der Waals surface area contributed by atoms with Gasteiger partial charge in [-0.05, 0) is 37.0 Å². The van der Waals surface area contributed by atoms with Crippen molar-refractivity contribution in [2.45, 2.75) is 26.2 Å². The summed E-state index contributed by atoms with van der Waals surface area (Å²) in [6.45, 7) is 2.87. The zero-order chi connectivity index (χ0) is 15.8. The molecule has 2 rings (SSSR count). The molecule has 0 radical (unpaired) electrons. The van der Waals surface area contributed by atoms with Gasteiger partial charge in [0.2, 0.25) is 0 Å². The lowest BCUT2D eigenvalue weighted by Crippen LogP contribution is -2.29. The summed E-state index contributed by atoms with van der Waals surface area (Å²) in [5.41, 5.74) is 1.54. The van der Waals surface area contributed by atoms with Crippen LogP contribution >= 0.6 is 0 Å². The van der Waals surface area contributed by atoms with Crippen molar-refractivity contribution >= 4 is 5.91 Å². The molecule has 1 heterocycles. The van der Waals surface area contributed by atoms with Gasteiger partial charge in [0.1, 0.15) is 0 Å². The van der Waals surface area contributed by atoms with Crippen molar-refractivity contribution in [2.75, 3.05) is 13.2 Å². The minimum absolute atomic E-state index is 0.0824. The van der Waals surface area contributed by atoms with Gasteiger partial charge in [-0.15, -0.1) is 0 Å². The molecule has 0 saturated heterocycles. The predicted octanol–water partition coefficient (Wildman–Crippen LogP) is 2.40. The first-order chi connectivity index (χ1) is 10.7. The second-order valence-electron chi connectivity index (χ2n) is 5.40. The number of carbonyl (C=O) groups is 1. The predicted molar refractivity (Wildman–Crippen MR) is 86.0 cm³/mol. The van der Waals surface area contributed by atoms with Crippen LogP contribution in [0.2, 0.25) is 0 Å². The molecule has 1 amide bonds. The molecule has 2 aromatic rings. The van der Waals surface area contributed by atoms with E-state index >= 15 is 0 Å². The van der Waals surface area contributed by atoms with Crippen LogP contribution in [-0.2, 0) is 0 Å². The number of hydrogen-bond acceptors (Lipinski definition) is 3. The number of rotatable bonds is 8. The SMILES string of the molecule is CCCC(CCO)CNC(=O)c1cccc(-n2ccnc2)c1. The highest BCUT2D eigenvalue weighted by molar-refractivity contribution is 5.94. The van der Waals surface area contributed by atoms with Gasteiger partial charge in [-0.1, -0.05) is 19.4 Å². The number of aromatic nitrogens is 2. The lowest BCUT2D eigenvalue weighted by atomic mass is 10.00. The van der Waals surface area contributed by atoms with Gasteiger partial charge in [-0.3, -0.25) is 4.79 Å². The van der Waals surface area contributed by atoms with Crippen molar-refractivity contribution in [2.24, 2.45) is 5.92 Å². The lowest BCUT2D eigenvalue weighted by molar-refractivity contribution is 0.0943. The molecule has 1 aromatic heterocycles. The first-order valence-electron chi connectivity index (χ1n) is 7.72. The Kier molecular flexibility index (Phi) is 6.15. The third kappa shape index (κ3) is 4.43. The topological polar surface area (TPSA) is 67.2 Å². The summed E-state index contributed by atoms with van der Waals surface area (Å²) in [7, 11) is 0. The zero-order valence-electron chi connectivity index (χ0n) is 12.9. The molecule has 22 heavy (non-hydrogen) atoms. The van der Waals surface area contributed by atoms with E-state index in [1.807, 2.05) is 29.0 Å². The standard InChI is InChI=1S/C17H23N3O2/c1-2-4-14(7-10-21)12-19-17(22)15-5-3-6-16(11-15)20-9-8-18-13-20/h3,5-6,8-9,11,13-14,21H,2,4,7,10,12H2,1H3,(H,19,22). The quantitative estimate of drug-likeness (QED) is 0.787. The Hall–Kier alpha value is -2.14. The molecule has 1 atom stereocenters. The van der Waals surface area contributed by atoms with Crippen LogP contribution in [0.15, 0.2) is 43.0 Å². The minimum Gasteiger partial charge on any atom is -0.396 e. The van der Waals surface area contributed by atoms with Gasteiger partial charge in [0.25, 0.3) is 5.91 Å². The van der Waals surface area contributed by atoms with E-state index in [0.717, 1.165) is 24.9 Å². The lowest BCUT2D eigenvalue weighted by Gasteiger charge is -2.16. The maximum absolute atomic E-state index is 12.3. The molecule has 0 bridgehead atoms. The molecule has 0 spiro atoms. The average molecular weight is 301 g/mol. The van der Waals surface area contributed by atoms with Crippen LogP contribution in [0.1, 0.15) is 36.5 Å². The summed E-state index contributed by atoms with van der Waals surface area (Å²) >= 11 is 0. The Morgan fingerprint density at radius 2 is 2.27 bits per heavy atom. The normalized spacial score (nSPS) is 12.1. The molecule has 118 valence electrons. The van der Waals surface area contributed by atoms with Crippen LogP contribution in [0.3, 0.4) is 0 Å². The van der Waals surface area contributed by atoms with Crippen molar-refractivity contribution in [3.05, 3.63) is 48.5 Å². The monoisotopic (exact) mass is 301 g/mol. The van der Waals surface area contributed by atoms with Gasteiger partial charge in [-0.25, -0.2) is 4.98 Å². The average Bonchev–Trinajstić information content (AvgIpc) is 3.07. The van der Waals surface area contributed by atoms with Gasteiger partial charge < -0.3 is 15.0 Å². The van der Waals surface area contributed by atoms with Crippen LogP contribution in [0.4, 0.5) is 0 Å². The third-order valence-electron chi connectivity index (χ3n) is 3.70. The van der Waals surface area contributed by atoms with Crippen LogP contribution in [-0.4, -0.2) is 33.7 Å². The number of carbonyl (C=O) groups excluding carboxylic acids is 1. The Morgan fingerprint density at radius 3 is 2.95 bits per heavy atom. The van der Waals surface area contributed by atoms with Gasteiger partial charge in [-0.2, -0.15) is 0 Å². The maximum atomic E-state index is 12.3. The fraction of sp³-hybridized carbons (Fsp3) is 0.412. The fourth-order valence-electron chi connectivity index (χ4n) is 2.50. The maximum Gasteiger partial charge on any atom is 0.251 e. The highest BCUT2D eigenvalue weighted by Gasteiger charge is 2.11. The molecular formula is C17H23N3O2. The Labute approximate surface area is 131 Å². The number of amides is 1. The molecular weight excluding hydrogens is 278 g/mol. The van der Waals surface area contributed by atoms with E-state index in [4.69, 9.17) is 5.11 Å². The van der Waals surface area contributed by atoms with Crippen molar-refractivity contribution < 1.29 is 9.90 Å². The van der Waals surface area contributed by atoms with Gasteiger partial charge >= 0.3 is 0 Å². The van der Waals surface area contributed by atoms with Gasteiger partial charge in [0, 0.05) is 36.8 Å². The summed E-state index contributed by atoms with van der Waals surface area (Å²) in [6.07, 6.45) is 8.04. The molecule has 1 aromatic carbocycles. The molecule has 1 unspecified atom stereocenters. The van der Waals surface area contributed by atoms with E-state index < -0.39 is 0 Å². The van der Waals surface area contributed by atoms with Crippen LogP contribution in [0.5, 0.6) is 0 Å².